The van der Waals surface area contributed by atoms with Gasteiger partial charge in [-0.1, -0.05) is 155 Å². The number of hydrogen-bond acceptors (Lipinski definition) is 26. The number of amides is 2. The number of Topliss-reactive ketones (excluding diaryl/α,β-unsaturated/α-hetero) is 4. The van der Waals surface area contributed by atoms with Gasteiger partial charge < -0.3 is 97.3 Å². The van der Waals surface area contributed by atoms with Crippen LogP contribution in [0.2, 0.25) is 0 Å². The molecule has 28 heteroatoms. The third-order valence-corrected chi connectivity index (χ3v) is 31.7. The summed E-state index contributed by atoms with van der Waals surface area (Å²) in [6.45, 7) is 38.4. The molecular weight excluding hydrogens is 1780 g/mol. The van der Waals surface area contributed by atoms with Crippen molar-refractivity contribution in [3.05, 3.63) is 120 Å². The van der Waals surface area contributed by atoms with Crippen LogP contribution in [0, 0.1) is 76.9 Å². The highest BCUT2D eigenvalue weighted by Crippen LogP contribution is 2.43. The largest absolute Gasteiger partial charge is 0.460 e. The van der Waals surface area contributed by atoms with Crippen molar-refractivity contribution in [3.63, 3.8) is 0 Å². The molecule has 30 atom stereocenters. The van der Waals surface area contributed by atoms with Gasteiger partial charge in [0.1, 0.15) is 66.4 Å². The molecule has 6 N–H and O–H groups in total. The Kier molecular flexibility index (Phi) is 46.3. The molecule has 0 aromatic rings. The standard InChI is InChI=1S/C57H89NO13.C54H83NO13/c1-35-16-12-11-13-17-36(2)49(69-34-43-23-26-68-27-24-43)32-45-21-19-41(7)57(65,71-45)54(62)55(63)58-25-15-14-18-46(58)56(64)70-50(39(5)30-44-20-22-47(59)51(31-44)66-9)33-48(60)38(4)29-40(6)52(61)53(67-10)42(8)37(3)28-35;1-32-16-12-11-13-17-33(2)46(66-42-30-65-31-42)28-41-21-19-38(7)54(62,68-41)51(59)52(60)55-23-15-14-18-43(55)53(61)67-47(36(5)26-40-20-22-44(56)48(27-40)63-9)29-45(57)35(4)25-37(6)49(58)50(64-10)39(8)34(3)24-32/h11-13,16-17,29,35,37-39,41,43-47,49-53,59,61,65H,8,14-15,18-28,30-34H2,1-7,9-10H3;11-13,16-17,25,32,34-36,38,40-44,46-50,56,58,62H,8,14-15,18-24,26-31H2,1-7,9-10H3/b13-11+,16-12+,36-17+,40-29+;13-11+,16-12+,33-17+,37-25+/t35-,37-,38-,39-,41-,44+,45+,46?,47-,49?,50+,51-,52-,53+,57-;32-,34-,35-,36-,38-,40+,41+,43?,44-,46?,47+,48-,49-,50+,54-/m11/s1. The molecule has 0 aromatic heterocycles. The second-order valence-corrected chi connectivity index (χ2v) is 42.7. The summed E-state index contributed by atoms with van der Waals surface area (Å²) in [6, 6.07) is -2.25. The number of fused-ring (bicyclic) bond motifs is 6. The van der Waals surface area contributed by atoms with Crippen LogP contribution in [0.25, 0.3) is 0 Å². The molecule has 2 amide bonds. The number of carbonyl (C=O) groups excluding carboxylic acids is 8. The molecule has 2 saturated carbocycles. The number of cyclic esters (lactones) is 2. The molecule has 2 aliphatic carbocycles. The Balaban J connectivity index is 0.000000311. The Bertz CT molecular complexity index is 4290. The fourth-order valence-electron chi connectivity index (χ4n) is 22.0. The number of nitrogens with zero attached hydrogens (tertiary/aromatic N) is 2. The van der Waals surface area contributed by atoms with E-state index in [-0.39, 0.29) is 116 Å². The van der Waals surface area contributed by atoms with Gasteiger partial charge in [-0.05, 0) is 256 Å². The maximum absolute atomic E-state index is 14.5. The smallest absolute Gasteiger partial charge is 0.329 e. The van der Waals surface area contributed by atoms with Crippen LogP contribution in [-0.2, 0) is 95.2 Å². The predicted molar refractivity (Wildman–Crippen MR) is 530 cm³/mol. The van der Waals surface area contributed by atoms with E-state index in [1.165, 1.54) is 16.9 Å². The second-order valence-electron chi connectivity index (χ2n) is 42.7. The summed E-state index contributed by atoms with van der Waals surface area (Å²) in [5.74, 6) is -13.4. The third kappa shape index (κ3) is 32.4. The molecular formula is C111H172N2O26. The van der Waals surface area contributed by atoms with Gasteiger partial charge in [0, 0.05) is 104 Å². The highest BCUT2D eigenvalue weighted by Gasteiger charge is 2.56. The van der Waals surface area contributed by atoms with E-state index < -0.39 is 156 Å². The summed E-state index contributed by atoms with van der Waals surface area (Å²) in [5.41, 5.74) is 4.44. The van der Waals surface area contributed by atoms with Crippen LogP contribution >= 0.6 is 0 Å². The van der Waals surface area contributed by atoms with Gasteiger partial charge in [-0.2, -0.15) is 0 Å². The molecule has 8 fully saturated rings. The predicted octanol–water partition coefficient (Wildman–Crippen LogP) is 14.9. The van der Waals surface area contributed by atoms with Crippen LogP contribution in [0.4, 0.5) is 0 Å². The normalized spacial score (nSPS) is 40.0. The number of hydrogen-bond donors (Lipinski definition) is 6. The van der Waals surface area contributed by atoms with Gasteiger partial charge in [0.25, 0.3) is 23.4 Å². The molecule has 10 aliphatic rings. The van der Waals surface area contributed by atoms with Crippen molar-refractivity contribution in [2.24, 2.45) is 76.9 Å². The Labute approximate surface area is 828 Å². The molecule has 8 heterocycles. The van der Waals surface area contributed by atoms with Crippen LogP contribution in [0.1, 0.15) is 264 Å². The lowest BCUT2D eigenvalue weighted by Crippen LogP contribution is -2.61. The molecule has 4 unspecified atom stereocenters. The lowest BCUT2D eigenvalue weighted by atomic mass is 9.78. The number of piperidine rings is 2. The molecule has 6 saturated heterocycles. The molecule has 139 heavy (non-hydrogen) atoms. The van der Waals surface area contributed by atoms with Gasteiger partial charge in [0.2, 0.25) is 11.6 Å². The first-order valence-corrected chi connectivity index (χ1v) is 52.1. The highest BCUT2D eigenvalue weighted by molar-refractivity contribution is 6.39. The number of esters is 2. The Hall–Kier alpha value is -6.68. The Morgan fingerprint density at radius 2 is 0.871 bits per heavy atom. The van der Waals surface area contributed by atoms with Gasteiger partial charge in [-0.3, -0.25) is 28.8 Å². The summed E-state index contributed by atoms with van der Waals surface area (Å²) in [6.07, 6.45) is 27.6. The molecule has 0 aromatic carbocycles. The maximum Gasteiger partial charge on any atom is 0.329 e. The van der Waals surface area contributed by atoms with Crippen molar-refractivity contribution in [1.29, 1.82) is 0 Å². The molecule has 28 nitrogen and oxygen atoms in total. The van der Waals surface area contributed by atoms with Crippen molar-refractivity contribution in [1.82, 2.24) is 9.80 Å². The van der Waals surface area contributed by atoms with Crippen molar-refractivity contribution in [3.8, 4) is 0 Å². The Morgan fingerprint density at radius 3 is 1.27 bits per heavy atom. The molecule has 8 aliphatic heterocycles. The lowest BCUT2D eigenvalue weighted by molar-refractivity contribution is -0.267. The zero-order chi connectivity index (χ0) is 102. The first-order chi connectivity index (χ1) is 66.0. The van der Waals surface area contributed by atoms with E-state index in [0.717, 1.165) is 60.8 Å². The molecule has 4 bridgehead atoms. The number of allylic oxidation sites excluding steroid dienone is 12. The number of ketones is 4. The van der Waals surface area contributed by atoms with E-state index in [2.05, 4.69) is 53.0 Å². The van der Waals surface area contributed by atoms with Crippen molar-refractivity contribution >= 4 is 46.9 Å². The van der Waals surface area contributed by atoms with Gasteiger partial charge in [-0.25, -0.2) is 9.59 Å². The van der Waals surface area contributed by atoms with Crippen molar-refractivity contribution in [2.75, 3.05) is 74.6 Å². The van der Waals surface area contributed by atoms with Crippen molar-refractivity contribution in [2.45, 2.75) is 379 Å². The van der Waals surface area contributed by atoms with Crippen LogP contribution < -0.4 is 0 Å². The number of aliphatic hydroxyl groups excluding tert-OH is 4. The van der Waals surface area contributed by atoms with E-state index >= 15 is 0 Å². The zero-order valence-electron chi connectivity index (χ0n) is 86.7. The number of methoxy groups -OCH3 is 4. The van der Waals surface area contributed by atoms with Crippen LogP contribution in [0.15, 0.2) is 120 Å². The SMILES string of the molecule is C=C1[C@H](C)C[C@H](C)/C=C/C=C/C=C(\C)C(OC2COC2)C[C@@H]2CC[C@@H](C)[C@@](O)(O2)C(=O)C(=O)N2CCCCC2C(=O)O[C@H]([C@H](C)C[C@@H]2CC[C@@H](O)[C@H](OC)C2)CC(=O)[C@H](C)/C=C(\C)[C@@H](O)[C@H]1OC.C=C1[C@H](C)C[C@H](C)/C=C/C=C/C=C(\C)C(OCC2CCOCC2)C[C@@H]2CC[C@@H](C)[C@@](O)(O2)C(=O)C(=O)N2CCCCC2C(=O)O[C@H]([C@H](C)C[C@@H]2CC[C@@H](O)[C@H](OC)C2)CC(=O)[C@H](C)/C=C(\C)[C@@H](O)[C@H]1OC. The van der Waals surface area contributed by atoms with Crippen LogP contribution in [0.5, 0.6) is 0 Å². The van der Waals surface area contributed by atoms with Crippen LogP contribution in [0.3, 0.4) is 0 Å². The average molecular weight is 1950 g/mol. The summed E-state index contributed by atoms with van der Waals surface area (Å²) >= 11 is 0. The maximum atomic E-state index is 14.5. The number of carbonyl (C=O) groups is 8. The highest BCUT2D eigenvalue weighted by atomic mass is 16.7. The first-order valence-electron chi connectivity index (χ1n) is 52.1. The molecule has 10 rings (SSSR count). The van der Waals surface area contributed by atoms with Gasteiger partial charge in [0.15, 0.2) is 0 Å². The van der Waals surface area contributed by atoms with Gasteiger partial charge in [0.05, 0.1) is 68.7 Å². The summed E-state index contributed by atoms with van der Waals surface area (Å²) in [7, 11) is 6.25. The zero-order valence-corrected chi connectivity index (χ0v) is 86.7. The monoisotopic (exact) mass is 1950 g/mol. The average Bonchev–Trinajstić information content (AvgIpc) is 0.773. The minimum Gasteiger partial charge on any atom is -0.460 e. The minimum atomic E-state index is -2.43. The minimum absolute atomic E-state index is 0.00578. The van der Waals surface area contributed by atoms with Crippen molar-refractivity contribution < 1.29 is 126 Å². The lowest BCUT2D eigenvalue weighted by Gasteiger charge is -2.43. The summed E-state index contributed by atoms with van der Waals surface area (Å²) in [4.78, 5) is 118. The second kappa shape index (κ2) is 55.6. The molecule has 782 valence electrons. The van der Waals surface area contributed by atoms with E-state index in [9.17, 15) is 69.0 Å². The first kappa shape index (κ1) is 116. The third-order valence-electron chi connectivity index (χ3n) is 31.7. The van der Waals surface area contributed by atoms with E-state index in [1.807, 2.05) is 76.3 Å². The van der Waals surface area contributed by atoms with Gasteiger partial charge in [-0.15, -0.1) is 0 Å². The van der Waals surface area contributed by atoms with E-state index in [1.54, 1.807) is 75.0 Å². The number of ether oxygens (including phenoxy) is 12. The summed E-state index contributed by atoms with van der Waals surface area (Å²) < 4.78 is 72.2. The van der Waals surface area contributed by atoms with E-state index in [4.69, 9.17) is 56.8 Å². The Morgan fingerprint density at radius 1 is 0.460 bits per heavy atom. The van der Waals surface area contributed by atoms with Crippen LogP contribution in [-0.4, -0.2) is 277 Å². The summed E-state index contributed by atoms with van der Waals surface area (Å²) in [5, 5.41) is 68.6. The quantitative estimate of drug-likeness (QED) is 0.0504. The molecule has 0 spiro atoms. The number of rotatable bonds is 15. The number of aliphatic hydroxyl groups is 6. The van der Waals surface area contributed by atoms with Gasteiger partial charge >= 0.3 is 11.9 Å². The topological polar surface area (TPSA) is 375 Å². The van der Waals surface area contributed by atoms with E-state index in [0.29, 0.717) is 153 Å². The molecule has 0 radical (unpaired) electrons. The fourth-order valence-corrected chi connectivity index (χ4v) is 22.0. The fraction of sp³-hybridized carbons (Fsp3) is 0.748.